The molecule has 19 heavy (non-hydrogen) atoms. The Bertz CT molecular complexity index is 395. The van der Waals surface area contributed by atoms with Gasteiger partial charge < -0.3 is 19.9 Å². The summed E-state index contributed by atoms with van der Waals surface area (Å²) in [4.78, 5) is 0. The highest BCUT2D eigenvalue weighted by Gasteiger charge is 2.26. The predicted octanol–water partition coefficient (Wildman–Crippen LogP) is 2.69. The van der Waals surface area contributed by atoms with E-state index in [-0.39, 0.29) is 0 Å². The van der Waals surface area contributed by atoms with Gasteiger partial charge in [0.05, 0.1) is 25.4 Å². The van der Waals surface area contributed by atoms with Crippen LogP contribution in [0, 0.1) is 0 Å². The maximum Gasteiger partial charge on any atom is 0.161 e. The molecular weight excluding hydrogens is 242 g/mol. The zero-order chi connectivity index (χ0) is 14.3. The molecule has 0 radical (unpaired) electrons. The van der Waals surface area contributed by atoms with Crippen molar-refractivity contribution >= 4 is 0 Å². The molecule has 0 aliphatic heterocycles. The largest absolute Gasteiger partial charge is 0.490 e. The van der Waals surface area contributed by atoms with Gasteiger partial charge in [-0.3, -0.25) is 0 Å². The Kier molecular flexibility index (Phi) is 6.12. The highest BCUT2D eigenvalue weighted by atomic mass is 16.5. The monoisotopic (exact) mass is 267 g/mol. The van der Waals surface area contributed by atoms with Crippen LogP contribution < -0.4 is 15.2 Å². The van der Waals surface area contributed by atoms with Crippen LogP contribution in [0.3, 0.4) is 0 Å². The van der Waals surface area contributed by atoms with Gasteiger partial charge in [-0.2, -0.15) is 0 Å². The molecule has 1 atom stereocenters. The Labute approximate surface area is 115 Å². The molecule has 0 heterocycles. The minimum absolute atomic E-state index is 0.475. The Balaban J connectivity index is 3.11. The van der Waals surface area contributed by atoms with Crippen LogP contribution in [0.25, 0.3) is 0 Å². The third-order valence-electron chi connectivity index (χ3n) is 3.15. The first-order chi connectivity index (χ1) is 9.11. The summed E-state index contributed by atoms with van der Waals surface area (Å²) in [6, 6.07) is 5.85. The molecule has 1 aromatic carbocycles. The van der Waals surface area contributed by atoms with E-state index >= 15 is 0 Å². The number of benzene rings is 1. The van der Waals surface area contributed by atoms with Crippen molar-refractivity contribution in [2.24, 2.45) is 5.73 Å². The molecule has 0 bridgehead atoms. The second-order valence-corrected chi connectivity index (χ2v) is 4.47. The molecule has 0 amide bonds. The van der Waals surface area contributed by atoms with Crippen LogP contribution in [0.2, 0.25) is 0 Å². The molecule has 4 nitrogen and oxygen atoms in total. The number of hydrogen-bond acceptors (Lipinski definition) is 4. The lowest BCUT2D eigenvalue weighted by Crippen LogP contribution is -2.40. The van der Waals surface area contributed by atoms with Gasteiger partial charge in [0.25, 0.3) is 0 Å². The lowest BCUT2D eigenvalue weighted by atomic mass is 9.89. The topological polar surface area (TPSA) is 53.7 Å². The summed E-state index contributed by atoms with van der Waals surface area (Å²) in [6.45, 7) is 7.64. The normalized spacial score (nSPS) is 13.9. The van der Waals surface area contributed by atoms with Crippen LogP contribution in [0.4, 0.5) is 0 Å². The van der Waals surface area contributed by atoms with Gasteiger partial charge in [-0.15, -0.1) is 0 Å². The quantitative estimate of drug-likeness (QED) is 0.787. The fraction of sp³-hybridized carbons (Fsp3) is 0.600. The molecule has 108 valence electrons. The second kappa shape index (κ2) is 7.36. The van der Waals surface area contributed by atoms with Crippen LogP contribution in [0.1, 0.15) is 32.8 Å². The van der Waals surface area contributed by atoms with Crippen molar-refractivity contribution in [2.45, 2.75) is 32.7 Å². The van der Waals surface area contributed by atoms with E-state index in [1.54, 1.807) is 7.11 Å². The maximum absolute atomic E-state index is 6.40. The van der Waals surface area contributed by atoms with Crippen LogP contribution >= 0.6 is 0 Å². The number of methoxy groups -OCH3 is 1. The van der Waals surface area contributed by atoms with E-state index in [1.165, 1.54) is 0 Å². The van der Waals surface area contributed by atoms with Crippen molar-refractivity contribution in [3.63, 3.8) is 0 Å². The van der Waals surface area contributed by atoms with E-state index in [0.717, 1.165) is 23.5 Å². The summed E-state index contributed by atoms with van der Waals surface area (Å²) in [5.74, 6) is 1.49. The summed E-state index contributed by atoms with van der Waals surface area (Å²) in [7, 11) is 1.66. The Morgan fingerprint density at radius 2 is 1.68 bits per heavy atom. The fourth-order valence-corrected chi connectivity index (χ4v) is 2.01. The third-order valence-corrected chi connectivity index (χ3v) is 3.15. The van der Waals surface area contributed by atoms with E-state index in [2.05, 4.69) is 6.92 Å². The predicted molar refractivity (Wildman–Crippen MR) is 76.8 cm³/mol. The van der Waals surface area contributed by atoms with E-state index < -0.39 is 5.54 Å². The van der Waals surface area contributed by atoms with Gasteiger partial charge in [0.2, 0.25) is 0 Å². The lowest BCUT2D eigenvalue weighted by molar-refractivity contribution is 0.129. The van der Waals surface area contributed by atoms with Gasteiger partial charge >= 0.3 is 0 Å². The fourth-order valence-electron chi connectivity index (χ4n) is 2.01. The average molecular weight is 267 g/mol. The second-order valence-electron chi connectivity index (χ2n) is 4.47. The number of hydrogen-bond donors (Lipinski definition) is 1. The van der Waals surface area contributed by atoms with Gasteiger partial charge in [0, 0.05) is 7.11 Å². The van der Waals surface area contributed by atoms with Crippen molar-refractivity contribution in [1.82, 2.24) is 0 Å². The first-order valence-electron chi connectivity index (χ1n) is 6.79. The zero-order valence-corrected chi connectivity index (χ0v) is 12.4. The van der Waals surface area contributed by atoms with Crippen LogP contribution in [-0.4, -0.2) is 26.9 Å². The standard InChI is InChI=1S/C15H25NO3/c1-5-15(16,11-17-4)12-8-9-13(18-6-2)14(10-12)19-7-3/h8-10H,5-7,11,16H2,1-4H3. The molecule has 0 aromatic heterocycles. The third kappa shape index (κ3) is 3.85. The first-order valence-corrected chi connectivity index (χ1v) is 6.79. The highest BCUT2D eigenvalue weighted by molar-refractivity contribution is 5.45. The van der Waals surface area contributed by atoms with Crippen LogP contribution in [-0.2, 0) is 10.3 Å². The first kappa shape index (κ1) is 15.8. The van der Waals surface area contributed by atoms with Gasteiger partial charge in [-0.25, -0.2) is 0 Å². The molecule has 0 aliphatic carbocycles. The van der Waals surface area contributed by atoms with E-state index in [0.29, 0.717) is 19.8 Å². The minimum atomic E-state index is -0.495. The van der Waals surface area contributed by atoms with Gasteiger partial charge in [0.15, 0.2) is 11.5 Å². The number of nitrogens with two attached hydrogens (primary N) is 1. The number of ether oxygens (including phenoxy) is 3. The molecule has 4 heteroatoms. The molecule has 0 saturated carbocycles. The maximum atomic E-state index is 6.40. The van der Waals surface area contributed by atoms with E-state index in [4.69, 9.17) is 19.9 Å². The average Bonchev–Trinajstić information content (AvgIpc) is 2.41. The molecule has 1 aromatic rings. The Morgan fingerprint density at radius 3 is 2.21 bits per heavy atom. The van der Waals surface area contributed by atoms with E-state index in [1.807, 2.05) is 32.0 Å². The number of rotatable bonds is 8. The van der Waals surface area contributed by atoms with Crippen molar-refractivity contribution in [3.8, 4) is 11.5 Å². The summed E-state index contributed by atoms with van der Waals surface area (Å²) >= 11 is 0. The summed E-state index contributed by atoms with van der Waals surface area (Å²) in [5.41, 5.74) is 6.91. The summed E-state index contributed by atoms with van der Waals surface area (Å²) in [6.07, 6.45) is 0.792. The molecule has 0 aliphatic rings. The van der Waals surface area contributed by atoms with Crippen LogP contribution in [0.15, 0.2) is 18.2 Å². The Morgan fingerprint density at radius 1 is 1.05 bits per heavy atom. The smallest absolute Gasteiger partial charge is 0.161 e. The van der Waals surface area contributed by atoms with Crippen molar-refractivity contribution < 1.29 is 14.2 Å². The summed E-state index contributed by atoms with van der Waals surface area (Å²) in [5, 5.41) is 0. The highest BCUT2D eigenvalue weighted by Crippen LogP contribution is 2.33. The van der Waals surface area contributed by atoms with Gasteiger partial charge in [0.1, 0.15) is 0 Å². The van der Waals surface area contributed by atoms with Gasteiger partial charge in [-0.05, 0) is 38.0 Å². The Hall–Kier alpha value is -1.26. The van der Waals surface area contributed by atoms with Crippen LogP contribution in [0.5, 0.6) is 11.5 Å². The zero-order valence-electron chi connectivity index (χ0n) is 12.4. The minimum Gasteiger partial charge on any atom is -0.490 e. The van der Waals surface area contributed by atoms with Crippen molar-refractivity contribution in [1.29, 1.82) is 0 Å². The molecule has 0 spiro atoms. The van der Waals surface area contributed by atoms with Crippen molar-refractivity contribution in [2.75, 3.05) is 26.9 Å². The van der Waals surface area contributed by atoms with E-state index in [9.17, 15) is 0 Å². The molecule has 2 N–H and O–H groups in total. The molecule has 1 rings (SSSR count). The molecular formula is C15H25NO3. The van der Waals surface area contributed by atoms with Gasteiger partial charge in [-0.1, -0.05) is 13.0 Å². The molecule has 0 fully saturated rings. The SMILES string of the molecule is CCOc1ccc(C(N)(CC)COC)cc1OCC. The molecule has 0 saturated heterocycles. The summed E-state index contributed by atoms with van der Waals surface area (Å²) < 4.78 is 16.4. The van der Waals surface area contributed by atoms with Crippen molar-refractivity contribution in [3.05, 3.63) is 23.8 Å². The molecule has 1 unspecified atom stereocenters. The lowest BCUT2D eigenvalue weighted by Gasteiger charge is -2.28.